The zero-order chi connectivity index (χ0) is 18.1. The topological polar surface area (TPSA) is 61.8 Å². The molecule has 0 aliphatic heterocycles. The Morgan fingerprint density at radius 1 is 0.920 bits per heavy atom. The van der Waals surface area contributed by atoms with E-state index < -0.39 is 0 Å². The minimum Gasteiger partial charge on any atom is -0.463 e. The third kappa shape index (κ3) is 5.87. The van der Waals surface area contributed by atoms with Crippen LogP contribution in [-0.2, 0) is 19.0 Å². The number of benzene rings is 2. The minimum absolute atomic E-state index is 0.0945. The van der Waals surface area contributed by atoms with E-state index in [1.165, 1.54) is 0 Å². The Balaban J connectivity index is 1.64. The lowest BCUT2D eigenvalue weighted by Gasteiger charge is -2.10. The summed E-state index contributed by atoms with van der Waals surface area (Å²) in [4.78, 5) is 23.5. The van der Waals surface area contributed by atoms with Crippen molar-refractivity contribution in [1.29, 1.82) is 0 Å². The fourth-order valence-electron chi connectivity index (χ4n) is 2.21. The zero-order valence-corrected chi connectivity index (χ0v) is 14.7. The molecular formula is C20H24O5. The molecule has 0 heterocycles. The molecule has 1 unspecified atom stereocenters. The second kappa shape index (κ2) is 9.79. The van der Waals surface area contributed by atoms with Crippen molar-refractivity contribution in [3.63, 3.8) is 0 Å². The van der Waals surface area contributed by atoms with E-state index in [0.717, 1.165) is 17.2 Å². The van der Waals surface area contributed by atoms with E-state index in [1.807, 2.05) is 50.2 Å². The molecule has 0 aliphatic rings. The first-order valence-electron chi connectivity index (χ1n) is 8.52. The molecule has 2 rings (SSSR count). The first-order chi connectivity index (χ1) is 12.1. The molecule has 134 valence electrons. The van der Waals surface area contributed by atoms with E-state index in [0.29, 0.717) is 5.56 Å². The van der Waals surface area contributed by atoms with Gasteiger partial charge in [-0.1, -0.05) is 44.2 Å². The van der Waals surface area contributed by atoms with Gasteiger partial charge < -0.3 is 14.2 Å². The van der Waals surface area contributed by atoms with Gasteiger partial charge in [0.25, 0.3) is 0 Å². The summed E-state index contributed by atoms with van der Waals surface area (Å²) in [5.41, 5.74) is 0.515. The van der Waals surface area contributed by atoms with Gasteiger partial charge in [0.15, 0.2) is 0 Å². The Morgan fingerprint density at radius 3 is 2.32 bits per heavy atom. The molecule has 2 aromatic rings. The molecule has 0 bridgehead atoms. The number of hydrogen-bond acceptors (Lipinski definition) is 5. The number of esters is 2. The molecule has 0 aliphatic carbocycles. The average Bonchev–Trinajstić information content (AvgIpc) is 2.65. The molecule has 0 N–H and O–H groups in total. The second-order valence-electron chi connectivity index (χ2n) is 5.79. The quantitative estimate of drug-likeness (QED) is 0.514. The van der Waals surface area contributed by atoms with Crippen LogP contribution in [0.15, 0.2) is 42.5 Å². The molecule has 0 radical (unpaired) electrons. The monoisotopic (exact) mass is 344 g/mol. The van der Waals surface area contributed by atoms with Crippen molar-refractivity contribution < 1.29 is 23.8 Å². The van der Waals surface area contributed by atoms with Gasteiger partial charge >= 0.3 is 11.9 Å². The number of hydrogen-bond donors (Lipinski definition) is 0. The number of carbonyl (C=O) groups is 2. The van der Waals surface area contributed by atoms with Gasteiger partial charge in [0.1, 0.15) is 13.2 Å². The standard InChI is InChI=1S/C20H24O5/c1-3-15(2)19(21)24-12-10-23-11-13-25-20(22)18-9-8-16-6-4-5-7-17(16)14-18/h4-9,14-15H,3,10-13H2,1-2H3. The smallest absolute Gasteiger partial charge is 0.338 e. The fourth-order valence-corrected chi connectivity index (χ4v) is 2.21. The van der Waals surface area contributed by atoms with Crippen molar-refractivity contribution in [3.05, 3.63) is 48.0 Å². The van der Waals surface area contributed by atoms with Gasteiger partial charge in [0, 0.05) is 0 Å². The highest BCUT2D eigenvalue weighted by Gasteiger charge is 2.11. The predicted molar refractivity (Wildman–Crippen MR) is 95.5 cm³/mol. The summed E-state index contributed by atoms with van der Waals surface area (Å²) in [6.45, 7) is 4.68. The van der Waals surface area contributed by atoms with Gasteiger partial charge in [-0.2, -0.15) is 0 Å². The van der Waals surface area contributed by atoms with Crippen molar-refractivity contribution in [2.45, 2.75) is 20.3 Å². The summed E-state index contributed by atoms with van der Waals surface area (Å²) < 4.78 is 15.5. The third-order valence-electron chi connectivity index (χ3n) is 3.93. The molecule has 0 saturated heterocycles. The van der Waals surface area contributed by atoms with E-state index in [2.05, 4.69) is 0 Å². The van der Waals surface area contributed by atoms with Crippen molar-refractivity contribution in [2.24, 2.45) is 5.92 Å². The molecule has 0 fully saturated rings. The van der Waals surface area contributed by atoms with Gasteiger partial charge in [-0.15, -0.1) is 0 Å². The summed E-state index contributed by atoms with van der Waals surface area (Å²) in [6.07, 6.45) is 0.754. The van der Waals surface area contributed by atoms with Crippen molar-refractivity contribution >= 4 is 22.7 Å². The van der Waals surface area contributed by atoms with E-state index in [1.54, 1.807) is 6.07 Å². The molecule has 2 aromatic carbocycles. The maximum atomic E-state index is 12.0. The SMILES string of the molecule is CCC(C)C(=O)OCCOCCOC(=O)c1ccc2ccccc2c1. The molecule has 0 amide bonds. The highest BCUT2D eigenvalue weighted by Crippen LogP contribution is 2.16. The van der Waals surface area contributed by atoms with Gasteiger partial charge in [0.2, 0.25) is 0 Å². The van der Waals surface area contributed by atoms with E-state index in [4.69, 9.17) is 14.2 Å². The number of carbonyl (C=O) groups excluding carboxylic acids is 2. The normalized spacial score (nSPS) is 11.9. The lowest BCUT2D eigenvalue weighted by atomic mass is 10.1. The van der Waals surface area contributed by atoms with Gasteiger partial charge in [-0.25, -0.2) is 4.79 Å². The molecule has 1 atom stereocenters. The van der Waals surface area contributed by atoms with Crippen LogP contribution in [0.5, 0.6) is 0 Å². The lowest BCUT2D eigenvalue weighted by Crippen LogP contribution is -2.18. The maximum Gasteiger partial charge on any atom is 0.338 e. The number of ether oxygens (including phenoxy) is 3. The summed E-state index contributed by atoms with van der Waals surface area (Å²) >= 11 is 0. The Morgan fingerprint density at radius 2 is 1.60 bits per heavy atom. The number of rotatable bonds is 9. The van der Waals surface area contributed by atoms with Gasteiger partial charge in [-0.3, -0.25) is 4.79 Å². The van der Waals surface area contributed by atoms with Crippen LogP contribution < -0.4 is 0 Å². The van der Waals surface area contributed by atoms with E-state index in [9.17, 15) is 9.59 Å². The molecular weight excluding hydrogens is 320 g/mol. The van der Waals surface area contributed by atoms with Crippen LogP contribution >= 0.6 is 0 Å². The highest BCUT2D eigenvalue weighted by atomic mass is 16.6. The molecule has 0 saturated carbocycles. The van der Waals surface area contributed by atoms with Crippen LogP contribution in [0.2, 0.25) is 0 Å². The van der Waals surface area contributed by atoms with Crippen LogP contribution in [0.25, 0.3) is 10.8 Å². The first-order valence-corrected chi connectivity index (χ1v) is 8.52. The molecule has 25 heavy (non-hydrogen) atoms. The van der Waals surface area contributed by atoms with Crippen LogP contribution in [0.1, 0.15) is 30.6 Å². The molecule has 5 heteroatoms. The zero-order valence-electron chi connectivity index (χ0n) is 14.7. The predicted octanol–water partition coefficient (Wildman–Crippen LogP) is 3.60. The molecule has 0 aromatic heterocycles. The third-order valence-corrected chi connectivity index (χ3v) is 3.93. The summed E-state index contributed by atoms with van der Waals surface area (Å²) in [5.74, 6) is -0.686. The fraction of sp³-hybridized carbons (Fsp3) is 0.400. The van der Waals surface area contributed by atoms with Gasteiger partial charge in [0.05, 0.1) is 24.7 Å². The van der Waals surface area contributed by atoms with Crippen LogP contribution in [0, 0.1) is 5.92 Å². The summed E-state index contributed by atoms with van der Waals surface area (Å²) in [5, 5.41) is 2.07. The summed E-state index contributed by atoms with van der Waals surface area (Å²) in [6, 6.07) is 13.3. The first kappa shape index (κ1) is 18.9. The average molecular weight is 344 g/mol. The molecule has 5 nitrogen and oxygen atoms in total. The van der Waals surface area contributed by atoms with Crippen molar-refractivity contribution in [2.75, 3.05) is 26.4 Å². The summed E-state index contributed by atoms with van der Waals surface area (Å²) in [7, 11) is 0. The van der Waals surface area contributed by atoms with Crippen LogP contribution in [-0.4, -0.2) is 38.4 Å². The second-order valence-corrected chi connectivity index (χ2v) is 5.79. The Kier molecular flexibility index (Phi) is 7.41. The maximum absolute atomic E-state index is 12.0. The van der Waals surface area contributed by atoms with Crippen LogP contribution in [0.3, 0.4) is 0 Å². The highest BCUT2D eigenvalue weighted by molar-refractivity contribution is 5.95. The Bertz CT molecular complexity index is 710. The van der Waals surface area contributed by atoms with E-state index in [-0.39, 0.29) is 44.3 Å². The van der Waals surface area contributed by atoms with Gasteiger partial charge in [-0.05, 0) is 29.3 Å². The lowest BCUT2D eigenvalue weighted by molar-refractivity contribution is -0.149. The minimum atomic E-state index is -0.377. The molecule has 0 spiro atoms. The number of fused-ring (bicyclic) bond motifs is 1. The Labute approximate surface area is 147 Å². The van der Waals surface area contributed by atoms with E-state index >= 15 is 0 Å². The van der Waals surface area contributed by atoms with Crippen molar-refractivity contribution in [3.8, 4) is 0 Å². The largest absolute Gasteiger partial charge is 0.463 e. The Hall–Kier alpha value is -2.40. The van der Waals surface area contributed by atoms with Crippen LogP contribution in [0.4, 0.5) is 0 Å². The van der Waals surface area contributed by atoms with Crippen molar-refractivity contribution in [1.82, 2.24) is 0 Å².